The van der Waals surface area contributed by atoms with Crippen LogP contribution in [-0.2, 0) is 24.3 Å². The van der Waals surface area contributed by atoms with E-state index < -0.39 is 0 Å². The first-order valence-corrected chi connectivity index (χ1v) is 9.47. The summed E-state index contributed by atoms with van der Waals surface area (Å²) in [6.07, 6.45) is 2.66. The minimum atomic E-state index is 0.0958. The summed E-state index contributed by atoms with van der Waals surface area (Å²) in [5.74, 6) is 1.94. The number of fused-ring (bicyclic) bond motifs is 1. The lowest BCUT2D eigenvalue weighted by molar-refractivity contribution is -1.02. The molecule has 6 nitrogen and oxygen atoms in total. The molecule has 1 saturated heterocycles. The zero-order valence-electron chi connectivity index (χ0n) is 15.1. The van der Waals surface area contributed by atoms with Crippen LogP contribution in [0.2, 0.25) is 0 Å². The summed E-state index contributed by atoms with van der Waals surface area (Å²) >= 11 is 0. The first-order chi connectivity index (χ1) is 12.8. The van der Waals surface area contributed by atoms with Gasteiger partial charge in [-0.15, -0.1) is 0 Å². The van der Waals surface area contributed by atoms with E-state index in [2.05, 4.69) is 23.5 Å². The van der Waals surface area contributed by atoms with Crippen molar-refractivity contribution in [2.45, 2.75) is 19.5 Å². The number of quaternary nitrogens is 2. The number of rotatable bonds is 6. The molecule has 1 fully saturated rings. The van der Waals surface area contributed by atoms with Gasteiger partial charge in [-0.3, -0.25) is 4.79 Å². The number of hydrogen-bond acceptors (Lipinski definition) is 3. The Morgan fingerprint density at radius 1 is 1.12 bits per heavy atom. The molecule has 6 heteroatoms. The van der Waals surface area contributed by atoms with Crippen molar-refractivity contribution in [1.82, 2.24) is 5.32 Å². The summed E-state index contributed by atoms with van der Waals surface area (Å²) in [7, 11) is 0. The second-order valence-corrected chi connectivity index (χ2v) is 7.25. The molecule has 0 saturated carbocycles. The number of ether oxygens (including phenoxy) is 1. The Morgan fingerprint density at radius 3 is 2.77 bits per heavy atom. The molecule has 2 aromatic rings. The van der Waals surface area contributed by atoms with Crippen molar-refractivity contribution in [2.24, 2.45) is 0 Å². The molecule has 0 spiro atoms. The second kappa shape index (κ2) is 7.93. The van der Waals surface area contributed by atoms with Gasteiger partial charge in [-0.05, 0) is 35.9 Å². The van der Waals surface area contributed by atoms with Crippen molar-refractivity contribution in [3.63, 3.8) is 0 Å². The molecule has 3 N–H and O–H groups in total. The van der Waals surface area contributed by atoms with E-state index in [0.29, 0.717) is 13.1 Å². The lowest BCUT2D eigenvalue weighted by Gasteiger charge is -2.29. The highest BCUT2D eigenvalue weighted by Crippen LogP contribution is 2.25. The topological polar surface area (TPSA) is 60.4 Å². The maximum absolute atomic E-state index is 12.1. The van der Waals surface area contributed by atoms with Crippen LogP contribution >= 0.6 is 0 Å². The average Bonchev–Trinajstić information content (AvgIpc) is 3.33. The van der Waals surface area contributed by atoms with E-state index >= 15 is 0 Å². The smallest absolute Gasteiger partial charge is 0.275 e. The largest absolute Gasteiger partial charge is 0.493 e. The summed E-state index contributed by atoms with van der Waals surface area (Å²) in [6, 6.07) is 10.3. The summed E-state index contributed by atoms with van der Waals surface area (Å²) in [5.41, 5.74) is 2.74. The number of carbonyl (C=O) groups excluding carboxylic acids is 1. The lowest BCUT2D eigenvalue weighted by atomic mass is 10.1. The van der Waals surface area contributed by atoms with Crippen LogP contribution in [0, 0.1) is 0 Å². The minimum Gasteiger partial charge on any atom is -0.493 e. The Kier molecular flexibility index (Phi) is 5.22. The van der Waals surface area contributed by atoms with Gasteiger partial charge < -0.3 is 24.3 Å². The zero-order valence-corrected chi connectivity index (χ0v) is 15.1. The van der Waals surface area contributed by atoms with Gasteiger partial charge in [0.1, 0.15) is 44.2 Å². The van der Waals surface area contributed by atoms with Crippen molar-refractivity contribution < 1.29 is 23.7 Å². The van der Waals surface area contributed by atoms with Crippen LogP contribution in [0.3, 0.4) is 0 Å². The van der Waals surface area contributed by atoms with E-state index in [1.54, 1.807) is 11.2 Å². The highest BCUT2D eigenvalue weighted by Gasteiger charge is 2.25. The Bertz CT molecular complexity index is 737. The molecule has 2 aliphatic rings. The van der Waals surface area contributed by atoms with Crippen LogP contribution in [0.4, 0.5) is 0 Å². The molecule has 0 radical (unpaired) electrons. The molecule has 1 aromatic carbocycles. The molecule has 0 aliphatic carbocycles. The van der Waals surface area contributed by atoms with E-state index in [4.69, 9.17) is 9.15 Å². The molecular weight excluding hydrogens is 330 g/mol. The lowest BCUT2D eigenvalue weighted by Crippen LogP contribution is -3.28. The fourth-order valence-electron chi connectivity index (χ4n) is 3.84. The summed E-state index contributed by atoms with van der Waals surface area (Å²) in [4.78, 5) is 15.1. The molecule has 4 rings (SSSR count). The normalized spacial score (nSPS) is 21.8. The fourth-order valence-corrected chi connectivity index (χ4v) is 3.84. The van der Waals surface area contributed by atoms with Gasteiger partial charge in [-0.25, -0.2) is 0 Å². The predicted octanol–water partition coefficient (Wildman–Crippen LogP) is -1.19. The Hall–Kier alpha value is -2.31. The monoisotopic (exact) mass is 357 g/mol. The number of hydrogen-bond donors (Lipinski definition) is 3. The van der Waals surface area contributed by atoms with E-state index in [1.165, 1.54) is 16.0 Å². The fraction of sp³-hybridized carbons (Fsp3) is 0.450. The molecule has 0 bridgehead atoms. The first-order valence-electron chi connectivity index (χ1n) is 9.47. The second-order valence-electron chi connectivity index (χ2n) is 7.25. The molecule has 138 valence electrons. The minimum absolute atomic E-state index is 0.0958. The van der Waals surface area contributed by atoms with Crippen molar-refractivity contribution in [1.29, 1.82) is 0 Å². The third-order valence-electron chi connectivity index (χ3n) is 5.32. The number of furan rings is 1. The molecule has 0 atom stereocenters. The molecule has 1 amide bonds. The molecule has 0 unspecified atom stereocenters. The number of benzene rings is 1. The van der Waals surface area contributed by atoms with Crippen LogP contribution < -0.4 is 19.9 Å². The third-order valence-corrected chi connectivity index (χ3v) is 5.32. The van der Waals surface area contributed by atoms with Crippen LogP contribution in [0.15, 0.2) is 41.0 Å². The van der Waals surface area contributed by atoms with Gasteiger partial charge in [0.2, 0.25) is 0 Å². The van der Waals surface area contributed by atoms with Gasteiger partial charge in [0.05, 0.1) is 19.4 Å². The molecule has 2 aliphatic heterocycles. The summed E-state index contributed by atoms with van der Waals surface area (Å²) < 4.78 is 10.8. The maximum atomic E-state index is 12.1. The Labute approximate surface area is 153 Å². The van der Waals surface area contributed by atoms with Crippen molar-refractivity contribution in [2.75, 3.05) is 39.3 Å². The standard InChI is InChI=1S/C20H25N3O3/c24-20(21-13-18-2-1-10-25-18)15-23-8-6-22(7-9-23)14-16-3-4-19-17(12-16)5-11-26-19/h1-4,10,12H,5-9,11,13-15H2,(H,21,24)/p+2. The molecule has 3 heterocycles. The van der Waals surface area contributed by atoms with Crippen molar-refractivity contribution in [3.8, 4) is 5.75 Å². The van der Waals surface area contributed by atoms with Gasteiger partial charge in [0.15, 0.2) is 6.54 Å². The highest BCUT2D eigenvalue weighted by atomic mass is 16.5. The Balaban J connectivity index is 1.19. The first kappa shape index (κ1) is 17.1. The van der Waals surface area contributed by atoms with Gasteiger partial charge in [0, 0.05) is 12.0 Å². The zero-order chi connectivity index (χ0) is 17.8. The third kappa shape index (κ3) is 4.26. The van der Waals surface area contributed by atoms with E-state index in [0.717, 1.165) is 57.3 Å². The van der Waals surface area contributed by atoms with Gasteiger partial charge in [0.25, 0.3) is 5.91 Å². The van der Waals surface area contributed by atoms with E-state index in [-0.39, 0.29) is 5.91 Å². The summed E-state index contributed by atoms with van der Waals surface area (Å²) in [5, 5.41) is 2.94. The van der Waals surface area contributed by atoms with Gasteiger partial charge >= 0.3 is 0 Å². The number of amides is 1. The van der Waals surface area contributed by atoms with Crippen LogP contribution in [0.25, 0.3) is 0 Å². The van der Waals surface area contributed by atoms with Gasteiger partial charge in [-0.2, -0.15) is 0 Å². The molecular formula is C20H27N3O3+2. The number of nitrogens with one attached hydrogen (secondary N) is 3. The maximum Gasteiger partial charge on any atom is 0.275 e. The highest BCUT2D eigenvalue weighted by molar-refractivity contribution is 5.76. The van der Waals surface area contributed by atoms with Gasteiger partial charge in [-0.1, -0.05) is 0 Å². The Morgan fingerprint density at radius 2 is 1.96 bits per heavy atom. The predicted molar refractivity (Wildman–Crippen MR) is 96.2 cm³/mol. The number of carbonyl (C=O) groups is 1. The summed E-state index contributed by atoms with van der Waals surface area (Å²) in [6.45, 7) is 7.18. The quantitative estimate of drug-likeness (QED) is 0.610. The van der Waals surface area contributed by atoms with E-state index in [9.17, 15) is 4.79 Å². The van der Waals surface area contributed by atoms with E-state index in [1.807, 2.05) is 12.1 Å². The SMILES string of the molecule is O=C(C[NH+]1CC[NH+](Cc2ccc3c(c2)CCO3)CC1)NCc1ccco1. The van der Waals surface area contributed by atoms with Crippen LogP contribution in [-0.4, -0.2) is 45.2 Å². The average molecular weight is 357 g/mol. The van der Waals surface area contributed by atoms with Crippen molar-refractivity contribution >= 4 is 5.91 Å². The van der Waals surface area contributed by atoms with Crippen LogP contribution in [0.5, 0.6) is 5.75 Å². The van der Waals surface area contributed by atoms with Crippen LogP contribution in [0.1, 0.15) is 16.9 Å². The number of piperazine rings is 1. The molecule has 1 aromatic heterocycles. The molecule has 26 heavy (non-hydrogen) atoms. The van der Waals surface area contributed by atoms with Crippen molar-refractivity contribution in [3.05, 3.63) is 53.5 Å².